The number of ether oxygens (including phenoxy) is 1. The lowest BCUT2D eigenvalue weighted by molar-refractivity contribution is 0.0918. The largest absolute Gasteiger partial charge is 0.490 e. The molecule has 7 heteroatoms. The van der Waals surface area contributed by atoms with Crippen LogP contribution in [0.3, 0.4) is 0 Å². The van der Waals surface area contributed by atoms with E-state index < -0.39 is 5.82 Å². The number of benzene rings is 2. The number of amides is 1. The van der Waals surface area contributed by atoms with Crippen molar-refractivity contribution in [3.63, 3.8) is 0 Å². The molecule has 0 unspecified atom stereocenters. The van der Waals surface area contributed by atoms with Crippen molar-refractivity contribution in [1.82, 2.24) is 20.3 Å². The molecule has 1 amide bonds. The number of aromatic nitrogens is 3. The monoisotopic (exact) mass is 394 g/mol. The van der Waals surface area contributed by atoms with Crippen LogP contribution in [-0.2, 0) is 13.0 Å². The van der Waals surface area contributed by atoms with E-state index in [0.29, 0.717) is 30.8 Å². The van der Waals surface area contributed by atoms with E-state index in [4.69, 9.17) is 4.74 Å². The minimum atomic E-state index is -0.419. The summed E-state index contributed by atoms with van der Waals surface area (Å²) in [4.78, 5) is 12.8. The van der Waals surface area contributed by atoms with E-state index in [1.165, 1.54) is 11.6 Å². The lowest BCUT2D eigenvalue weighted by Crippen LogP contribution is -2.33. The van der Waals surface area contributed by atoms with Gasteiger partial charge in [-0.2, -0.15) is 0 Å². The second-order valence-electron chi connectivity index (χ2n) is 7.17. The summed E-state index contributed by atoms with van der Waals surface area (Å²) in [5.74, 6) is -0.533. The molecule has 2 aromatic carbocycles. The molecule has 0 radical (unpaired) electrons. The Bertz CT molecular complexity index is 1030. The van der Waals surface area contributed by atoms with Crippen LogP contribution in [0.5, 0.6) is 5.75 Å². The van der Waals surface area contributed by atoms with Gasteiger partial charge in [0.25, 0.3) is 5.91 Å². The molecule has 4 rings (SSSR count). The highest BCUT2D eigenvalue weighted by Gasteiger charge is 2.27. The van der Waals surface area contributed by atoms with Crippen molar-refractivity contribution in [3.8, 4) is 5.75 Å². The highest BCUT2D eigenvalue weighted by atomic mass is 19.1. The number of nitrogens with one attached hydrogen (secondary N) is 1. The number of para-hydroxylation sites is 1. The molecule has 0 spiro atoms. The Kier molecular flexibility index (Phi) is 5.29. The first-order chi connectivity index (χ1) is 14.1. The second-order valence-corrected chi connectivity index (χ2v) is 7.17. The second kappa shape index (κ2) is 8.03. The summed E-state index contributed by atoms with van der Waals surface area (Å²) in [6.45, 7) is 4.83. The molecule has 0 saturated carbocycles. The third-order valence-corrected chi connectivity index (χ3v) is 5.29. The Morgan fingerprint density at radius 3 is 2.76 bits per heavy atom. The number of rotatable bonds is 5. The van der Waals surface area contributed by atoms with Crippen molar-refractivity contribution in [2.24, 2.45) is 0 Å². The summed E-state index contributed by atoms with van der Waals surface area (Å²) < 4.78 is 21.1. The van der Waals surface area contributed by atoms with Gasteiger partial charge in [-0.1, -0.05) is 48.5 Å². The summed E-state index contributed by atoms with van der Waals surface area (Å²) in [5, 5.41) is 11.2. The third-order valence-electron chi connectivity index (χ3n) is 5.29. The first-order valence-corrected chi connectivity index (χ1v) is 9.76. The first kappa shape index (κ1) is 19.1. The van der Waals surface area contributed by atoms with Crippen molar-refractivity contribution < 1.29 is 13.9 Å². The van der Waals surface area contributed by atoms with Crippen LogP contribution >= 0.6 is 0 Å². The summed E-state index contributed by atoms with van der Waals surface area (Å²) >= 11 is 0. The average molecular weight is 394 g/mol. The molecule has 1 atom stereocenters. The normalized spacial score (nSPS) is 15.5. The van der Waals surface area contributed by atoms with Gasteiger partial charge >= 0.3 is 0 Å². The maximum Gasteiger partial charge on any atom is 0.274 e. The van der Waals surface area contributed by atoms with Gasteiger partial charge in [-0.05, 0) is 30.5 Å². The van der Waals surface area contributed by atoms with Crippen LogP contribution in [0.2, 0.25) is 0 Å². The molecule has 150 valence electrons. The van der Waals surface area contributed by atoms with Gasteiger partial charge in [-0.25, -0.2) is 9.07 Å². The van der Waals surface area contributed by atoms with Gasteiger partial charge in [0.1, 0.15) is 0 Å². The number of fused-ring (bicyclic) bond motifs is 1. The molecule has 0 aliphatic carbocycles. The molecule has 2 heterocycles. The van der Waals surface area contributed by atoms with Gasteiger partial charge in [0.15, 0.2) is 17.3 Å². The van der Waals surface area contributed by atoms with Crippen molar-refractivity contribution in [3.05, 3.63) is 76.4 Å². The molecular weight excluding hydrogens is 371 g/mol. The van der Waals surface area contributed by atoms with Crippen molar-refractivity contribution in [1.29, 1.82) is 0 Å². The number of halogens is 1. The molecule has 0 fully saturated rings. The summed E-state index contributed by atoms with van der Waals surface area (Å²) in [6.07, 6.45) is 1.56. The van der Waals surface area contributed by atoms with Crippen LogP contribution in [0.4, 0.5) is 4.39 Å². The topological polar surface area (TPSA) is 69.0 Å². The molecule has 1 aliphatic heterocycles. The Balaban J connectivity index is 1.50. The number of carbonyl (C=O) groups excluding carboxylic acids is 1. The van der Waals surface area contributed by atoms with Crippen molar-refractivity contribution in [2.45, 2.75) is 39.3 Å². The lowest BCUT2D eigenvalue weighted by Gasteiger charge is -2.26. The standard InChI is InChI=1S/C22H23FN4O2/c1-3-15-7-9-16(10-8-15)13-27-14(2)20(25-26-27)22(28)24-19-11-12-29-21-17(19)5-4-6-18(21)23/h4-10,19H,3,11-13H2,1-2H3,(H,24,28)/t19-/m0/s1. The van der Waals surface area contributed by atoms with Crippen LogP contribution in [0.25, 0.3) is 0 Å². The number of nitrogens with zero attached hydrogens (tertiary/aromatic N) is 3. The van der Waals surface area contributed by atoms with E-state index in [-0.39, 0.29) is 23.4 Å². The minimum absolute atomic E-state index is 0.208. The Labute approximate surface area is 168 Å². The smallest absolute Gasteiger partial charge is 0.274 e. The summed E-state index contributed by atoms with van der Waals surface area (Å²) in [7, 11) is 0. The number of carbonyl (C=O) groups is 1. The highest BCUT2D eigenvalue weighted by Crippen LogP contribution is 2.34. The van der Waals surface area contributed by atoms with Gasteiger partial charge in [0, 0.05) is 12.0 Å². The lowest BCUT2D eigenvalue weighted by atomic mass is 10.00. The Hall–Kier alpha value is -3.22. The van der Waals surface area contributed by atoms with Crippen LogP contribution in [0.15, 0.2) is 42.5 Å². The zero-order valence-corrected chi connectivity index (χ0v) is 16.5. The maximum absolute atomic E-state index is 14.0. The zero-order chi connectivity index (χ0) is 20.4. The number of hydrogen-bond donors (Lipinski definition) is 1. The fourth-order valence-corrected chi connectivity index (χ4v) is 3.54. The van der Waals surface area contributed by atoms with Crippen molar-refractivity contribution >= 4 is 5.91 Å². The van der Waals surface area contributed by atoms with Crippen LogP contribution in [0.1, 0.15) is 52.3 Å². The Morgan fingerprint density at radius 2 is 2.00 bits per heavy atom. The van der Waals surface area contributed by atoms with Gasteiger partial charge in [0.05, 0.1) is 24.9 Å². The first-order valence-electron chi connectivity index (χ1n) is 9.76. The van der Waals surface area contributed by atoms with Crippen molar-refractivity contribution in [2.75, 3.05) is 6.61 Å². The molecule has 1 aromatic heterocycles. The molecule has 3 aromatic rings. The van der Waals surface area contributed by atoms with E-state index in [0.717, 1.165) is 12.0 Å². The van der Waals surface area contributed by atoms with Crippen LogP contribution in [-0.4, -0.2) is 27.5 Å². The van der Waals surface area contributed by atoms with Gasteiger partial charge in [-0.15, -0.1) is 5.10 Å². The fourth-order valence-electron chi connectivity index (χ4n) is 3.54. The van der Waals surface area contributed by atoms with Gasteiger partial charge in [-0.3, -0.25) is 4.79 Å². The Morgan fingerprint density at radius 1 is 1.24 bits per heavy atom. The van der Waals surface area contributed by atoms with E-state index in [2.05, 4.69) is 46.8 Å². The van der Waals surface area contributed by atoms with Gasteiger partial charge in [0.2, 0.25) is 0 Å². The summed E-state index contributed by atoms with van der Waals surface area (Å²) in [6, 6.07) is 12.7. The predicted molar refractivity (Wildman–Crippen MR) is 106 cm³/mol. The molecular formula is C22H23FN4O2. The molecule has 1 aliphatic rings. The van der Waals surface area contributed by atoms with Crippen LogP contribution in [0, 0.1) is 12.7 Å². The van der Waals surface area contributed by atoms with Gasteiger partial charge < -0.3 is 10.1 Å². The van der Waals surface area contributed by atoms with Crippen LogP contribution < -0.4 is 10.1 Å². The highest BCUT2D eigenvalue weighted by molar-refractivity contribution is 5.93. The molecule has 0 saturated heterocycles. The van der Waals surface area contributed by atoms with E-state index >= 15 is 0 Å². The average Bonchev–Trinajstić information content (AvgIpc) is 3.10. The van der Waals surface area contributed by atoms with E-state index in [1.54, 1.807) is 16.8 Å². The maximum atomic E-state index is 14.0. The minimum Gasteiger partial charge on any atom is -0.490 e. The predicted octanol–water partition coefficient (Wildman–Crippen LogP) is 3.59. The molecule has 0 bridgehead atoms. The molecule has 1 N–H and O–H groups in total. The molecule has 6 nitrogen and oxygen atoms in total. The molecule has 29 heavy (non-hydrogen) atoms. The number of hydrogen-bond acceptors (Lipinski definition) is 4. The fraction of sp³-hybridized carbons (Fsp3) is 0.318. The van der Waals surface area contributed by atoms with E-state index in [1.807, 2.05) is 6.92 Å². The zero-order valence-electron chi connectivity index (χ0n) is 16.5. The SMILES string of the molecule is CCc1ccc(Cn2nnc(C(=O)N[C@H]3CCOc4c(F)cccc43)c2C)cc1. The number of aryl methyl sites for hydroxylation is 1. The summed E-state index contributed by atoms with van der Waals surface area (Å²) in [5.41, 5.74) is 3.98. The third kappa shape index (κ3) is 3.85. The van der Waals surface area contributed by atoms with E-state index in [9.17, 15) is 9.18 Å². The quantitative estimate of drug-likeness (QED) is 0.718.